The van der Waals surface area contributed by atoms with Crippen molar-refractivity contribution in [3.8, 4) is 11.5 Å². The SMILES string of the molecule is Cc1ccc(/C=C/C(=O)O)cc1Oc1ccc(F)cc1Cl. The van der Waals surface area contributed by atoms with Crippen LogP contribution in [0.25, 0.3) is 6.08 Å². The van der Waals surface area contributed by atoms with E-state index in [0.717, 1.165) is 11.6 Å². The Hall–Kier alpha value is -2.33. The van der Waals surface area contributed by atoms with Gasteiger partial charge in [-0.15, -0.1) is 0 Å². The summed E-state index contributed by atoms with van der Waals surface area (Å²) in [4.78, 5) is 10.5. The van der Waals surface area contributed by atoms with Gasteiger partial charge < -0.3 is 9.84 Å². The molecule has 2 aromatic carbocycles. The molecule has 0 unspecified atom stereocenters. The minimum atomic E-state index is -1.03. The van der Waals surface area contributed by atoms with Gasteiger partial charge in [0.1, 0.15) is 17.3 Å². The predicted octanol–water partition coefficient (Wildman–Crippen LogP) is 4.68. The summed E-state index contributed by atoms with van der Waals surface area (Å²) in [5.74, 6) is -0.613. The Morgan fingerprint density at radius 3 is 2.67 bits per heavy atom. The minimum Gasteiger partial charge on any atom is -0.478 e. The highest BCUT2D eigenvalue weighted by Gasteiger charge is 2.07. The Kier molecular flexibility index (Phi) is 4.60. The zero-order valence-electron chi connectivity index (χ0n) is 11.1. The molecule has 1 N–H and O–H groups in total. The molecule has 0 radical (unpaired) electrons. The quantitative estimate of drug-likeness (QED) is 0.834. The molecule has 0 aromatic heterocycles. The zero-order chi connectivity index (χ0) is 15.4. The minimum absolute atomic E-state index is 0.167. The third-order valence-corrected chi connectivity index (χ3v) is 3.04. The van der Waals surface area contributed by atoms with E-state index in [2.05, 4.69) is 0 Å². The molecule has 0 saturated heterocycles. The second kappa shape index (κ2) is 6.41. The summed E-state index contributed by atoms with van der Waals surface area (Å²) in [6, 6.07) is 9.12. The van der Waals surface area contributed by atoms with Gasteiger partial charge >= 0.3 is 5.97 Å². The van der Waals surface area contributed by atoms with Gasteiger partial charge in [0, 0.05) is 6.08 Å². The molecule has 5 heteroatoms. The van der Waals surface area contributed by atoms with Crippen LogP contribution in [0.3, 0.4) is 0 Å². The first-order valence-electron chi connectivity index (χ1n) is 6.10. The van der Waals surface area contributed by atoms with Crippen LogP contribution in [0.1, 0.15) is 11.1 Å². The zero-order valence-corrected chi connectivity index (χ0v) is 11.9. The van der Waals surface area contributed by atoms with E-state index >= 15 is 0 Å². The molecule has 0 bridgehead atoms. The normalized spacial score (nSPS) is 10.8. The van der Waals surface area contributed by atoms with Crippen LogP contribution in [-0.4, -0.2) is 11.1 Å². The summed E-state index contributed by atoms with van der Waals surface area (Å²) >= 11 is 5.92. The Labute approximate surface area is 126 Å². The molecule has 0 saturated carbocycles. The van der Waals surface area contributed by atoms with Crippen LogP contribution < -0.4 is 4.74 Å². The maximum atomic E-state index is 13.0. The lowest BCUT2D eigenvalue weighted by Gasteiger charge is -2.11. The largest absolute Gasteiger partial charge is 0.478 e. The van der Waals surface area contributed by atoms with Crippen LogP contribution in [0.4, 0.5) is 4.39 Å². The fourth-order valence-electron chi connectivity index (χ4n) is 1.67. The lowest BCUT2D eigenvalue weighted by molar-refractivity contribution is -0.131. The molecule has 108 valence electrons. The Morgan fingerprint density at radius 2 is 2.00 bits per heavy atom. The molecule has 0 atom stereocenters. The Bertz CT molecular complexity index is 711. The molecule has 2 aromatic rings. The molecule has 21 heavy (non-hydrogen) atoms. The molecule has 0 heterocycles. The van der Waals surface area contributed by atoms with Crippen LogP contribution in [0.5, 0.6) is 11.5 Å². The number of halogens is 2. The van der Waals surface area contributed by atoms with Crippen LogP contribution in [0, 0.1) is 12.7 Å². The lowest BCUT2D eigenvalue weighted by atomic mass is 10.1. The highest BCUT2D eigenvalue weighted by Crippen LogP contribution is 2.32. The van der Waals surface area contributed by atoms with Crippen molar-refractivity contribution in [2.75, 3.05) is 0 Å². The highest BCUT2D eigenvalue weighted by atomic mass is 35.5. The molecular formula is C16H12ClFO3. The lowest BCUT2D eigenvalue weighted by Crippen LogP contribution is -1.91. The van der Waals surface area contributed by atoms with E-state index in [1.165, 1.54) is 24.3 Å². The summed E-state index contributed by atoms with van der Waals surface area (Å²) in [5, 5.41) is 8.79. The summed E-state index contributed by atoms with van der Waals surface area (Å²) in [6.07, 6.45) is 2.50. The second-order valence-electron chi connectivity index (χ2n) is 4.37. The van der Waals surface area contributed by atoms with Gasteiger partial charge in [-0.25, -0.2) is 9.18 Å². The second-order valence-corrected chi connectivity index (χ2v) is 4.78. The number of aryl methyl sites for hydroxylation is 1. The third kappa shape index (κ3) is 4.07. The smallest absolute Gasteiger partial charge is 0.328 e. The van der Waals surface area contributed by atoms with Crippen LogP contribution in [-0.2, 0) is 4.79 Å². The Morgan fingerprint density at radius 1 is 1.24 bits per heavy atom. The van der Waals surface area contributed by atoms with Crippen molar-refractivity contribution < 1.29 is 19.0 Å². The van der Waals surface area contributed by atoms with Gasteiger partial charge in [-0.1, -0.05) is 23.7 Å². The molecule has 0 spiro atoms. The van der Waals surface area contributed by atoms with Crippen molar-refractivity contribution in [1.29, 1.82) is 0 Å². The number of carbonyl (C=O) groups is 1. The van der Waals surface area contributed by atoms with Crippen LogP contribution in [0.15, 0.2) is 42.5 Å². The number of benzene rings is 2. The van der Waals surface area contributed by atoms with Gasteiger partial charge in [-0.3, -0.25) is 0 Å². The van der Waals surface area contributed by atoms with Gasteiger partial charge in [0.05, 0.1) is 5.02 Å². The van der Waals surface area contributed by atoms with Gasteiger partial charge in [0.25, 0.3) is 0 Å². The number of rotatable bonds is 4. The van der Waals surface area contributed by atoms with E-state index in [-0.39, 0.29) is 5.02 Å². The van der Waals surface area contributed by atoms with Gasteiger partial charge in [-0.2, -0.15) is 0 Å². The molecule has 0 aliphatic carbocycles. The number of hydrogen-bond acceptors (Lipinski definition) is 2. The average Bonchev–Trinajstić information content (AvgIpc) is 2.42. The van der Waals surface area contributed by atoms with Crippen molar-refractivity contribution in [3.05, 3.63) is 64.4 Å². The molecule has 2 rings (SSSR count). The molecule has 0 fully saturated rings. The van der Waals surface area contributed by atoms with E-state index in [9.17, 15) is 9.18 Å². The highest BCUT2D eigenvalue weighted by molar-refractivity contribution is 6.32. The standard InChI is InChI=1S/C16H12ClFO3/c1-10-2-3-11(4-7-16(19)20)8-15(10)21-14-6-5-12(18)9-13(14)17/h2-9H,1H3,(H,19,20)/b7-4+. The first kappa shape index (κ1) is 15.1. The molecule has 0 amide bonds. The van der Waals surface area contributed by atoms with Gasteiger partial charge in [0.15, 0.2) is 0 Å². The maximum absolute atomic E-state index is 13.0. The van der Waals surface area contributed by atoms with Crippen molar-refractivity contribution in [2.45, 2.75) is 6.92 Å². The maximum Gasteiger partial charge on any atom is 0.328 e. The number of ether oxygens (including phenoxy) is 1. The van der Waals surface area contributed by atoms with Crippen molar-refractivity contribution >= 4 is 23.6 Å². The Balaban J connectivity index is 2.30. The summed E-state index contributed by atoms with van der Waals surface area (Å²) in [7, 11) is 0. The molecular weight excluding hydrogens is 295 g/mol. The fraction of sp³-hybridized carbons (Fsp3) is 0.0625. The van der Waals surface area contributed by atoms with Crippen molar-refractivity contribution in [3.63, 3.8) is 0 Å². The van der Waals surface area contributed by atoms with Gasteiger partial charge in [0.2, 0.25) is 0 Å². The van der Waals surface area contributed by atoms with E-state index in [0.29, 0.717) is 17.1 Å². The first-order chi connectivity index (χ1) is 9.95. The summed E-state index contributed by atoms with van der Waals surface area (Å²) < 4.78 is 18.7. The fourth-order valence-corrected chi connectivity index (χ4v) is 1.88. The number of carboxylic acids is 1. The van der Waals surface area contributed by atoms with Crippen LogP contribution in [0.2, 0.25) is 5.02 Å². The topological polar surface area (TPSA) is 46.5 Å². The monoisotopic (exact) mass is 306 g/mol. The summed E-state index contributed by atoms with van der Waals surface area (Å²) in [5.41, 5.74) is 1.53. The molecule has 0 aliphatic heterocycles. The van der Waals surface area contributed by atoms with E-state index in [4.69, 9.17) is 21.4 Å². The van der Waals surface area contributed by atoms with Crippen molar-refractivity contribution in [1.82, 2.24) is 0 Å². The molecule has 3 nitrogen and oxygen atoms in total. The number of hydrogen-bond donors (Lipinski definition) is 1. The first-order valence-corrected chi connectivity index (χ1v) is 6.48. The average molecular weight is 307 g/mol. The van der Waals surface area contributed by atoms with E-state index < -0.39 is 11.8 Å². The third-order valence-electron chi connectivity index (χ3n) is 2.74. The van der Waals surface area contributed by atoms with E-state index in [1.54, 1.807) is 18.2 Å². The summed E-state index contributed by atoms with van der Waals surface area (Å²) in [6.45, 7) is 1.84. The van der Waals surface area contributed by atoms with Crippen molar-refractivity contribution in [2.24, 2.45) is 0 Å². The van der Waals surface area contributed by atoms with Gasteiger partial charge in [-0.05, 0) is 48.4 Å². The number of carboxylic acid groups (broad SMARTS) is 1. The van der Waals surface area contributed by atoms with Crippen LogP contribution >= 0.6 is 11.6 Å². The molecule has 0 aliphatic rings. The predicted molar refractivity (Wildman–Crippen MR) is 79.3 cm³/mol. The van der Waals surface area contributed by atoms with E-state index in [1.807, 2.05) is 6.92 Å². The number of aliphatic carboxylic acids is 1.